The van der Waals surface area contributed by atoms with E-state index in [9.17, 15) is 0 Å². The van der Waals surface area contributed by atoms with Gasteiger partial charge in [-0.05, 0) is 25.3 Å². The molecule has 3 unspecified atom stereocenters. The second-order valence-corrected chi connectivity index (χ2v) is 4.92. The molecule has 2 fully saturated rings. The van der Waals surface area contributed by atoms with Gasteiger partial charge in [0.15, 0.2) is 5.96 Å². The van der Waals surface area contributed by atoms with Crippen LogP contribution in [0.25, 0.3) is 0 Å². The summed E-state index contributed by atoms with van der Waals surface area (Å²) in [5.41, 5.74) is 1.11. The van der Waals surface area contributed by atoms with Crippen molar-refractivity contribution in [2.24, 2.45) is 4.99 Å². The number of furan rings is 1. The highest BCUT2D eigenvalue weighted by Gasteiger charge is 2.41. The van der Waals surface area contributed by atoms with Gasteiger partial charge in [0.25, 0.3) is 0 Å². The smallest absolute Gasteiger partial charge is 0.191 e. The Morgan fingerprint density at radius 3 is 2.95 bits per heavy atom. The lowest BCUT2D eigenvalue weighted by Gasteiger charge is -2.22. The summed E-state index contributed by atoms with van der Waals surface area (Å²) in [5, 5.41) is 6.72. The van der Waals surface area contributed by atoms with Gasteiger partial charge in [0.2, 0.25) is 0 Å². The largest absolute Gasteiger partial charge is 0.472 e. The van der Waals surface area contributed by atoms with Gasteiger partial charge >= 0.3 is 0 Å². The summed E-state index contributed by atoms with van der Waals surface area (Å²) in [6.45, 7) is 0.720. The van der Waals surface area contributed by atoms with E-state index >= 15 is 0 Å². The Morgan fingerprint density at radius 2 is 2.37 bits per heavy atom. The molecular weight excluding hydrogens is 357 g/mol. The van der Waals surface area contributed by atoms with Gasteiger partial charge in [0, 0.05) is 19.2 Å². The second-order valence-electron chi connectivity index (χ2n) is 4.92. The molecule has 2 bridgehead atoms. The summed E-state index contributed by atoms with van der Waals surface area (Å²) in [6, 6.07) is 2.35. The number of nitrogens with one attached hydrogen (secondary N) is 2. The van der Waals surface area contributed by atoms with E-state index in [2.05, 4.69) is 15.6 Å². The van der Waals surface area contributed by atoms with Crippen LogP contribution in [0.5, 0.6) is 0 Å². The zero-order chi connectivity index (χ0) is 12.4. The van der Waals surface area contributed by atoms with Crippen LogP contribution >= 0.6 is 24.0 Å². The van der Waals surface area contributed by atoms with Crippen molar-refractivity contribution in [1.29, 1.82) is 0 Å². The van der Waals surface area contributed by atoms with Crippen molar-refractivity contribution >= 4 is 29.9 Å². The molecule has 2 aliphatic heterocycles. The molecule has 1 aromatic rings. The van der Waals surface area contributed by atoms with Crippen molar-refractivity contribution in [3.05, 3.63) is 24.2 Å². The molecule has 19 heavy (non-hydrogen) atoms. The summed E-state index contributed by atoms with van der Waals surface area (Å²) in [6.07, 6.45) is 7.71. The van der Waals surface area contributed by atoms with E-state index < -0.39 is 0 Å². The zero-order valence-corrected chi connectivity index (χ0v) is 13.3. The van der Waals surface area contributed by atoms with Gasteiger partial charge in [0.05, 0.1) is 30.8 Å². The first kappa shape index (κ1) is 14.6. The molecule has 0 radical (unpaired) electrons. The lowest BCUT2D eigenvalue weighted by molar-refractivity contribution is 0.0992. The lowest BCUT2D eigenvalue weighted by Crippen LogP contribution is -2.47. The normalized spacial score (nSPS) is 29.1. The molecule has 0 aromatic carbocycles. The minimum Gasteiger partial charge on any atom is -0.472 e. The van der Waals surface area contributed by atoms with Crippen molar-refractivity contribution in [3.63, 3.8) is 0 Å². The molecule has 3 heterocycles. The highest BCUT2D eigenvalue weighted by molar-refractivity contribution is 14.0. The fourth-order valence-corrected chi connectivity index (χ4v) is 2.74. The molecule has 0 amide bonds. The van der Waals surface area contributed by atoms with E-state index in [1.165, 1.54) is 12.8 Å². The predicted molar refractivity (Wildman–Crippen MR) is 83.8 cm³/mol. The van der Waals surface area contributed by atoms with Crippen LogP contribution in [0, 0.1) is 0 Å². The summed E-state index contributed by atoms with van der Waals surface area (Å²) >= 11 is 0. The highest BCUT2D eigenvalue weighted by atomic mass is 127. The average Bonchev–Trinajstić information content (AvgIpc) is 3.10. The van der Waals surface area contributed by atoms with E-state index in [4.69, 9.17) is 9.15 Å². The Bertz CT molecular complexity index is 422. The number of hydrogen-bond donors (Lipinski definition) is 2. The molecule has 3 rings (SSSR count). The number of fused-ring (bicyclic) bond motifs is 2. The Kier molecular flexibility index (Phi) is 5.09. The van der Waals surface area contributed by atoms with Gasteiger partial charge < -0.3 is 19.8 Å². The van der Waals surface area contributed by atoms with Crippen LogP contribution in [-0.4, -0.2) is 31.3 Å². The monoisotopic (exact) mass is 377 g/mol. The summed E-state index contributed by atoms with van der Waals surface area (Å²) in [4.78, 5) is 4.24. The molecule has 2 aliphatic rings. The zero-order valence-electron chi connectivity index (χ0n) is 11.0. The average molecular weight is 377 g/mol. The van der Waals surface area contributed by atoms with Gasteiger partial charge in [-0.15, -0.1) is 24.0 Å². The fourth-order valence-electron chi connectivity index (χ4n) is 2.74. The number of rotatable bonds is 3. The van der Waals surface area contributed by atoms with E-state index in [-0.39, 0.29) is 24.0 Å². The standard InChI is InChI=1S/C13H19N3O2.HI/c1-14-13(15-7-9-4-5-17-8-9)16-11-6-10-2-3-12(11)18-10;/h4-5,8,10-12H,2-3,6-7H2,1H3,(H2,14,15,16);1H. The number of hydrogen-bond acceptors (Lipinski definition) is 3. The molecule has 0 saturated carbocycles. The third kappa shape index (κ3) is 3.42. The summed E-state index contributed by atoms with van der Waals surface area (Å²) in [5.74, 6) is 0.831. The number of halogens is 1. The van der Waals surface area contributed by atoms with Crippen molar-refractivity contribution in [2.75, 3.05) is 7.05 Å². The van der Waals surface area contributed by atoms with Gasteiger partial charge in [-0.25, -0.2) is 0 Å². The maximum atomic E-state index is 5.82. The molecule has 0 aliphatic carbocycles. The minimum atomic E-state index is 0. The van der Waals surface area contributed by atoms with Crippen LogP contribution < -0.4 is 10.6 Å². The molecule has 3 atom stereocenters. The number of ether oxygens (including phenoxy) is 1. The van der Waals surface area contributed by atoms with E-state index in [0.717, 1.165) is 24.5 Å². The quantitative estimate of drug-likeness (QED) is 0.480. The molecule has 106 valence electrons. The molecule has 6 heteroatoms. The Balaban J connectivity index is 0.00000133. The Labute approximate surface area is 130 Å². The Morgan fingerprint density at radius 1 is 1.47 bits per heavy atom. The summed E-state index contributed by atoms with van der Waals surface area (Å²) in [7, 11) is 1.79. The topological polar surface area (TPSA) is 58.8 Å². The highest BCUT2D eigenvalue weighted by Crippen LogP contribution is 2.34. The number of guanidine groups is 1. The van der Waals surface area contributed by atoms with Crippen LogP contribution in [-0.2, 0) is 11.3 Å². The number of aliphatic imine (C=N–C) groups is 1. The Hall–Kier alpha value is -0.760. The molecular formula is C13H20IN3O2. The van der Waals surface area contributed by atoms with E-state index in [0.29, 0.717) is 18.2 Å². The van der Waals surface area contributed by atoms with Crippen molar-refractivity contribution in [2.45, 2.75) is 44.1 Å². The van der Waals surface area contributed by atoms with Crippen LogP contribution in [0.4, 0.5) is 0 Å². The molecule has 5 nitrogen and oxygen atoms in total. The lowest BCUT2D eigenvalue weighted by atomic mass is 9.96. The van der Waals surface area contributed by atoms with Crippen LogP contribution in [0.15, 0.2) is 28.0 Å². The second kappa shape index (κ2) is 6.60. The van der Waals surface area contributed by atoms with Crippen molar-refractivity contribution < 1.29 is 9.15 Å². The third-order valence-corrected chi connectivity index (χ3v) is 3.69. The van der Waals surface area contributed by atoms with Gasteiger partial charge in [-0.1, -0.05) is 0 Å². The molecule has 2 N–H and O–H groups in total. The summed E-state index contributed by atoms with van der Waals surface area (Å²) < 4.78 is 10.9. The van der Waals surface area contributed by atoms with Gasteiger partial charge in [-0.2, -0.15) is 0 Å². The SMILES string of the molecule is CN=C(NCc1ccoc1)NC1CC2CCC1O2.I. The number of nitrogens with zero attached hydrogens (tertiary/aromatic N) is 1. The first-order valence-corrected chi connectivity index (χ1v) is 6.49. The van der Waals surface area contributed by atoms with Crippen molar-refractivity contribution in [1.82, 2.24) is 10.6 Å². The maximum Gasteiger partial charge on any atom is 0.191 e. The minimum absolute atomic E-state index is 0. The van der Waals surface area contributed by atoms with E-state index in [1.807, 2.05) is 6.07 Å². The fraction of sp³-hybridized carbons (Fsp3) is 0.615. The maximum absolute atomic E-state index is 5.82. The predicted octanol–water partition coefficient (Wildman–Crippen LogP) is 1.88. The first-order chi connectivity index (χ1) is 8.85. The van der Waals surface area contributed by atoms with Crippen LogP contribution in [0.2, 0.25) is 0 Å². The van der Waals surface area contributed by atoms with Crippen molar-refractivity contribution in [3.8, 4) is 0 Å². The third-order valence-electron chi connectivity index (χ3n) is 3.69. The van der Waals surface area contributed by atoms with Gasteiger partial charge in [0.1, 0.15) is 0 Å². The molecule has 1 aromatic heterocycles. The molecule has 2 saturated heterocycles. The first-order valence-electron chi connectivity index (χ1n) is 6.49. The van der Waals surface area contributed by atoms with Gasteiger partial charge in [-0.3, -0.25) is 4.99 Å². The molecule has 0 spiro atoms. The van der Waals surface area contributed by atoms with Crippen LogP contribution in [0.3, 0.4) is 0 Å². The van der Waals surface area contributed by atoms with E-state index in [1.54, 1.807) is 19.6 Å². The van der Waals surface area contributed by atoms with Crippen LogP contribution in [0.1, 0.15) is 24.8 Å².